The molecule has 0 aliphatic carbocycles. The molecule has 0 atom stereocenters. The first-order valence-corrected chi connectivity index (χ1v) is 13.7. The van der Waals surface area contributed by atoms with Crippen LogP contribution in [0.1, 0.15) is 78.8 Å². The zero-order chi connectivity index (χ0) is 26.8. The summed E-state index contributed by atoms with van der Waals surface area (Å²) < 4.78 is 33.5. The van der Waals surface area contributed by atoms with Gasteiger partial charge in [-0.1, -0.05) is 48.2 Å². The molecular formula is C28H33ClN2O4S. The molecule has 3 rings (SSSR count). The maximum Gasteiger partial charge on any atom is 0.340 e. The van der Waals surface area contributed by atoms with Gasteiger partial charge in [0.15, 0.2) is 0 Å². The molecule has 0 fully saturated rings. The lowest BCUT2D eigenvalue weighted by Crippen LogP contribution is -2.16. The number of halogens is 1. The SMILES string of the molecule is CCCCn1nc(C)c(C(=O)c2ccc(Cl)c(C(C)=C(C)C)c2C)c1OS(=O)(=O)c1ccc(C)cc1. The van der Waals surface area contributed by atoms with Crippen molar-refractivity contribution in [3.8, 4) is 5.88 Å². The van der Waals surface area contributed by atoms with Gasteiger partial charge in [0.1, 0.15) is 10.5 Å². The molecule has 0 radical (unpaired) electrons. The molecule has 36 heavy (non-hydrogen) atoms. The fraction of sp³-hybridized carbons (Fsp3) is 0.357. The molecule has 6 nitrogen and oxygen atoms in total. The van der Waals surface area contributed by atoms with E-state index in [0.717, 1.165) is 40.7 Å². The molecule has 0 saturated carbocycles. The Kier molecular flexibility index (Phi) is 8.47. The summed E-state index contributed by atoms with van der Waals surface area (Å²) in [4.78, 5) is 13.9. The number of benzene rings is 2. The normalized spacial score (nSPS) is 11.4. The van der Waals surface area contributed by atoms with Crippen molar-refractivity contribution in [3.63, 3.8) is 0 Å². The van der Waals surface area contributed by atoms with Crippen molar-refractivity contribution in [1.29, 1.82) is 0 Å². The number of allylic oxidation sites excluding steroid dienone is 2. The molecule has 1 aromatic heterocycles. The predicted molar refractivity (Wildman–Crippen MR) is 144 cm³/mol. The van der Waals surface area contributed by atoms with E-state index in [2.05, 4.69) is 5.10 Å². The van der Waals surface area contributed by atoms with E-state index in [1.54, 1.807) is 31.2 Å². The first-order valence-electron chi connectivity index (χ1n) is 12.0. The van der Waals surface area contributed by atoms with Crippen LogP contribution in [0.25, 0.3) is 5.57 Å². The largest absolute Gasteiger partial charge is 0.358 e. The molecule has 0 aliphatic rings. The van der Waals surface area contributed by atoms with Crippen LogP contribution in [0, 0.1) is 20.8 Å². The maximum atomic E-state index is 13.9. The average molecular weight is 529 g/mol. The minimum atomic E-state index is -4.19. The van der Waals surface area contributed by atoms with Crippen molar-refractivity contribution >= 4 is 33.1 Å². The van der Waals surface area contributed by atoms with Crippen LogP contribution in [0.4, 0.5) is 0 Å². The van der Waals surface area contributed by atoms with Gasteiger partial charge < -0.3 is 4.18 Å². The third-order valence-electron chi connectivity index (χ3n) is 6.31. The Balaban J connectivity index is 2.18. The summed E-state index contributed by atoms with van der Waals surface area (Å²) in [6.07, 6.45) is 1.62. The van der Waals surface area contributed by atoms with Crippen LogP contribution in [0.3, 0.4) is 0 Å². The van der Waals surface area contributed by atoms with Gasteiger partial charge in [0, 0.05) is 17.1 Å². The third kappa shape index (κ3) is 5.57. The zero-order valence-corrected chi connectivity index (χ0v) is 23.5. The number of ketones is 1. The third-order valence-corrected chi connectivity index (χ3v) is 7.86. The van der Waals surface area contributed by atoms with Gasteiger partial charge in [0.05, 0.1) is 5.69 Å². The van der Waals surface area contributed by atoms with Crippen LogP contribution in [0.5, 0.6) is 5.88 Å². The van der Waals surface area contributed by atoms with E-state index >= 15 is 0 Å². The molecule has 0 unspecified atom stereocenters. The van der Waals surface area contributed by atoms with E-state index in [-0.39, 0.29) is 22.1 Å². The van der Waals surface area contributed by atoms with Gasteiger partial charge in [-0.15, -0.1) is 0 Å². The van der Waals surface area contributed by atoms with Gasteiger partial charge in [0.25, 0.3) is 0 Å². The molecular weight excluding hydrogens is 496 g/mol. The summed E-state index contributed by atoms with van der Waals surface area (Å²) in [5.74, 6) is -0.428. The Bertz CT molecular complexity index is 1430. The summed E-state index contributed by atoms with van der Waals surface area (Å²) in [5.41, 5.74) is 5.47. The first-order chi connectivity index (χ1) is 16.9. The Hall–Kier alpha value is -2.90. The van der Waals surface area contributed by atoms with Crippen molar-refractivity contribution in [2.24, 2.45) is 0 Å². The van der Waals surface area contributed by atoms with Gasteiger partial charge in [0.2, 0.25) is 11.7 Å². The summed E-state index contributed by atoms with van der Waals surface area (Å²) in [6, 6.07) is 9.75. The Morgan fingerprint density at radius 3 is 2.22 bits per heavy atom. The van der Waals surface area contributed by atoms with Gasteiger partial charge in [-0.05, 0) is 88.9 Å². The first kappa shape index (κ1) is 27.7. The molecule has 0 aliphatic heterocycles. The maximum absolute atomic E-state index is 13.9. The van der Waals surface area contributed by atoms with Crippen molar-refractivity contribution in [2.45, 2.75) is 72.7 Å². The van der Waals surface area contributed by atoms with Crippen molar-refractivity contribution in [2.75, 3.05) is 0 Å². The topological polar surface area (TPSA) is 78.3 Å². The molecule has 1 heterocycles. The number of aryl methyl sites for hydroxylation is 3. The van der Waals surface area contributed by atoms with Crippen LogP contribution in [0.15, 0.2) is 46.9 Å². The van der Waals surface area contributed by atoms with Gasteiger partial charge in [-0.3, -0.25) is 4.79 Å². The standard InChI is InChI=1S/C28H33ClN2O4S/c1-8-9-16-31-28(35-36(33,34)22-12-10-18(4)11-13-22)26(21(7)30-31)27(32)23-14-15-24(29)25(20(23)6)19(5)17(2)3/h10-15H,8-9,16H2,1-7H3. The fourth-order valence-corrected chi connectivity index (χ4v) is 5.28. The lowest BCUT2D eigenvalue weighted by molar-refractivity contribution is 0.103. The lowest BCUT2D eigenvalue weighted by Gasteiger charge is -2.15. The molecule has 0 saturated heterocycles. The van der Waals surface area contributed by atoms with E-state index in [9.17, 15) is 13.2 Å². The van der Waals surface area contributed by atoms with E-state index in [4.69, 9.17) is 15.8 Å². The number of carbonyl (C=O) groups excluding carboxylic acids is 1. The van der Waals surface area contributed by atoms with Gasteiger partial charge in [-0.2, -0.15) is 13.5 Å². The van der Waals surface area contributed by atoms with E-state index in [1.165, 1.54) is 16.8 Å². The summed E-state index contributed by atoms with van der Waals surface area (Å²) in [5, 5.41) is 5.04. The second kappa shape index (κ2) is 11.0. The number of nitrogens with zero attached hydrogens (tertiary/aromatic N) is 2. The predicted octanol–water partition coefficient (Wildman–Crippen LogP) is 7.07. The highest BCUT2D eigenvalue weighted by Crippen LogP contribution is 2.35. The minimum absolute atomic E-state index is 0.0107. The molecule has 3 aromatic rings. The Morgan fingerprint density at radius 1 is 1.00 bits per heavy atom. The van der Waals surface area contributed by atoms with Gasteiger partial charge in [-0.25, -0.2) is 4.68 Å². The van der Waals surface area contributed by atoms with Crippen LogP contribution >= 0.6 is 11.6 Å². The average Bonchev–Trinajstić information content (AvgIpc) is 3.11. The van der Waals surface area contributed by atoms with Gasteiger partial charge >= 0.3 is 10.1 Å². The highest BCUT2D eigenvalue weighted by molar-refractivity contribution is 7.87. The highest BCUT2D eigenvalue weighted by Gasteiger charge is 2.30. The minimum Gasteiger partial charge on any atom is -0.358 e. The summed E-state index contributed by atoms with van der Waals surface area (Å²) in [6.45, 7) is 13.8. The van der Waals surface area contributed by atoms with E-state index in [0.29, 0.717) is 22.8 Å². The molecule has 0 amide bonds. The lowest BCUT2D eigenvalue weighted by atomic mass is 9.91. The molecule has 0 spiro atoms. The fourth-order valence-electron chi connectivity index (χ4n) is 3.99. The van der Waals surface area contributed by atoms with E-state index in [1.807, 2.05) is 41.5 Å². The van der Waals surface area contributed by atoms with Crippen LogP contribution in [-0.4, -0.2) is 24.0 Å². The second-order valence-corrected chi connectivity index (χ2v) is 11.2. The molecule has 192 valence electrons. The highest BCUT2D eigenvalue weighted by atomic mass is 35.5. The number of aromatic nitrogens is 2. The summed E-state index contributed by atoms with van der Waals surface area (Å²) >= 11 is 6.52. The van der Waals surface area contributed by atoms with Crippen molar-refractivity contribution in [1.82, 2.24) is 9.78 Å². The quantitative estimate of drug-likeness (QED) is 0.219. The number of rotatable bonds is 9. The number of unbranched alkanes of at least 4 members (excludes halogenated alkanes) is 1. The molecule has 2 aromatic carbocycles. The molecule has 0 bridgehead atoms. The summed E-state index contributed by atoms with van der Waals surface area (Å²) in [7, 11) is -4.19. The smallest absolute Gasteiger partial charge is 0.340 e. The monoisotopic (exact) mass is 528 g/mol. The second-order valence-electron chi connectivity index (χ2n) is 9.24. The van der Waals surface area contributed by atoms with E-state index < -0.39 is 10.1 Å². The van der Waals surface area contributed by atoms with Crippen LogP contribution < -0.4 is 4.18 Å². The number of hydrogen-bond donors (Lipinski definition) is 0. The van der Waals surface area contributed by atoms with Crippen molar-refractivity contribution in [3.05, 3.63) is 80.5 Å². The number of carbonyl (C=O) groups is 1. The number of hydrogen-bond acceptors (Lipinski definition) is 5. The zero-order valence-electron chi connectivity index (χ0n) is 21.9. The van der Waals surface area contributed by atoms with Crippen molar-refractivity contribution < 1.29 is 17.4 Å². The van der Waals surface area contributed by atoms with Crippen LogP contribution in [-0.2, 0) is 16.7 Å². The van der Waals surface area contributed by atoms with Crippen LogP contribution in [0.2, 0.25) is 5.02 Å². The molecule has 8 heteroatoms. The molecule has 0 N–H and O–H groups in total. The Morgan fingerprint density at radius 2 is 1.64 bits per heavy atom. The Labute approximate surface area is 219 Å².